The molecule has 1 amide bonds. The Morgan fingerprint density at radius 2 is 2.10 bits per heavy atom. The van der Waals surface area contributed by atoms with E-state index >= 15 is 0 Å². The normalized spacial score (nSPS) is 21.5. The van der Waals surface area contributed by atoms with Gasteiger partial charge < -0.3 is 15.1 Å². The van der Waals surface area contributed by atoms with Crippen molar-refractivity contribution >= 4 is 11.6 Å². The van der Waals surface area contributed by atoms with Crippen molar-refractivity contribution in [2.24, 2.45) is 0 Å². The van der Waals surface area contributed by atoms with E-state index in [1.54, 1.807) is 0 Å². The Balaban J connectivity index is 1.75. The number of benzene rings is 1. The molecule has 108 valence electrons. The molecule has 1 fully saturated rings. The Labute approximate surface area is 120 Å². The average molecular weight is 273 g/mol. The summed E-state index contributed by atoms with van der Waals surface area (Å²) in [6.07, 6.45) is 3.38. The number of carbonyl (C=O) groups is 1. The number of carbonyl (C=O) groups excluding carboxylic acids is 1. The molecule has 2 aliphatic rings. The van der Waals surface area contributed by atoms with Crippen molar-refractivity contribution in [3.63, 3.8) is 0 Å². The molecule has 20 heavy (non-hydrogen) atoms. The molecule has 1 aromatic carbocycles. The van der Waals surface area contributed by atoms with E-state index in [2.05, 4.69) is 34.5 Å². The molecule has 1 aliphatic heterocycles. The first-order valence-electron chi connectivity index (χ1n) is 7.47. The molecule has 1 unspecified atom stereocenters. The van der Waals surface area contributed by atoms with Gasteiger partial charge in [-0.1, -0.05) is 18.2 Å². The van der Waals surface area contributed by atoms with Gasteiger partial charge in [-0.25, -0.2) is 0 Å². The van der Waals surface area contributed by atoms with Gasteiger partial charge in [0, 0.05) is 31.4 Å². The van der Waals surface area contributed by atoms with Gasteiger partial charge in [0.05, 0.1) is 6.54 Å². The summed E-state index contributed by atoms with van der Waals surface area (Å²) in [6, 6.07) is 9.32. The van der Waals surface area contributed by atoms with Crippen molar-refractivity contribution in [1.82, 2.24) is 10.2 Å². The molecule has 4 heteroatoms. The minimum atomic E-state index is 0.241. The fourth-order valence-corrected chi connectivity index (χ4v) is 3.04. The van der Waals surface area contributed by atoms with Crippen LogP contribution in [0.2, 0.25) is 0 Å². The van der Waals surface area contributed by atoms with Crippen LogP contribution >= 0.6 is 0 Å². The summed E-state index contributed by atoms with van der Waals surface area (Å²) in [5, 5.41) is 3.36. The van der Waals surface area contributed by atoms with Crippen molar-refractivity contribution in [3.05, 3.63) is 29.8 Å². The highest BCUT2D eigenvalue weighted by Gasteiger charge is 2.31. The summed E-state index contributed by atoms with van der Waals surface area (Å²) in [5.74, 6) is 0.241. The van der Waals surface area contributed by atoms with Gasteiger partial charge in [-0.3, -0.25) is 4.79 Å². The molecule has 0 spiro atoms. The highest BCUT2D eigenvalue weighted by molar-refractivity contribution is 5.82. The second-order valence-electron chi connectivity index (χ2n) is 5.85. The van der Waals surface area contributed by atoms with Crippen LogP contribution in [-0.4, -0.2) is 44.0 Å². The lowest BCUT2D eigenvalue weighted by Crippen LogP contribution is -2.43. The number of nitrogens with zero attached hydrogens (tertiary/aromatic N) is 2. The van der Waals surface area contributed by atoms with Crippen LogP contribution in [0.5, 0.6) is 0 Å². The van der Waals surface area contributed by atoms with Crippen LogP contribution in [0, 0.1) is 0 Å². The van der Waals surface area contributed by atoms with Crippen molar-refractivity contribution in [2.45, 2.75) is 31.3 Å². The number of likely N-dealkylation sites (N-methyl/N-ethyl adjacent to an activating group) is 1. The monoisotopic (exact) mass is 273 g/mol. The zero-order valence-electron chi connectivity index (χ0n) is 12.3. The Hall–Kier alpha value is -1.55. The molecule has 0 aromatic heterocycles. The van der Waals surface area contributed by atoms with Crippen LogP contribution in [0.15, 0.2) is 24.3 Å². The van der Waals surface area contributed by atoms with Crippen LogP contribution in [0.1, 0.15) is 30.9 Å². The number of anilines is 1. The Bertz CT molecular complexity index is 498. The van der Waals surface area contributed by atoms with Crippen molar-refractivity contribution < 1.29 is 4.79 Å². The third kappa shape index (κ3) is 2.52. The van der Waals surface area contributed by atoms with E-state index in [1.165, 1.54) is 24.1 Å². The van der Waals surface area contributed by atoms with Gasteiger partial charge in [0.25, 0.3) is 0 Å². The Kier molecular flexibility index (Phi) is 3.66. The van der Waals surface area contributed by atoms with Crippen molar-refractivity contribution in [3.8, 4) is 0 Å². The number of fused-ring (bicyclic) bond motifs is 1. The largest absolute Gasteiger partial charge is 0.362 e. The maximum Gasteiger partial charge on any atom is 0.242 e. The van der Waals surface area contributed by atoms with E-state index in [0.717, 1.165) is 13.0 Å². The molecule has 4 nitrogen and oxygen atoms in total. The zero-order chi connectivity index (χ0) is 14.1. The summed E-state index contributed by atoms with van der Waals surface area (Å²) in [4.78, 5) is 16.5. The molecule has 0 radical (unpaired) electrons. The first-order valence-corrected chi connectivity index (χ1v) is 7.47. The van der Waals surface area contributed by atoms with Gasteiger partial charge in [0.15, 0.2) is 0 Å². The molecule has 1 aromatic rings. The van der Waals surface area contributed by atoms with E-state index in [9.17, 15) is 4.79 Å². The predicted octanol–water partition coefficient (Wildman–Crippen LogP) is 1.78. The van der Waals surface area contributed by atoms with Gasteiger partial charge in [0.2, 0.25) is 5.91 Å². The van der Waals surface area contributed by atoms with E-state index < -0.39 is 0 Å². The molecular weight excluding hydrogens is 250 g/mol. The quantitative estimate of drug-likeness (QED) is 0.908. The van der Waals surface area contributed by atoms with Gasteiger partial charge in [-0.2, -0.15) is 0 Å². The van der Waals surface area contributed by atoms with Gasteiger partial charge in [-0.15, -0.1) is 0 Å². The summed E-state index contributed by atoms with van der Waals surface area (Å²) in [6.45, 7) is 1.44. The number of rotatable bonds is 4. The maximum atomic E-state index is 12.3. The lowest BCUT2D eigenvalue weighted by Gasteiger charge is -2.36. The lowest BCUT2D eigenvalue weighted by molar-refractivity contribution is -0.128. The van der Waals surface area contributed by atoms with Gasteiger partial charge in [0.1, 0.15) is 0 Å². The second kappa shape index (κ2) is 5.44. The standard InChI is InChI=1S/C16H23N3O/c1-17-14-9-10-19(15-6-4-3-5-13(14)15)11-16(20)18(2)12-7-8-12/h3-6,12,14,17H,7-11H2,1-2H3. The SMILES string of the molecule is CNC1CCN(CC(=O)N(C)C2CC2)c2ccccc21. The first kappa shape index (κ1) is 13.4. The van der Waals surface area contributed by atoms with E-state index in [1.807, 2.05) is 19.0 Å². The first-order chi connectivity index (χ1) is 9.70. The smallest absolute Gasteiger partial charge is 0.242 e. The van der Waals surface area contributed by atoms with Crippen LogP contribution in [-0.2, 0) is 4.79 Å². The predicted molar refractivity (Wildman–Crippen MR) is 80.9 cm³/mol. The number of para-hydroxylation sites is 1. The van der Waals surface area contributed by atoms with Crippen molar-refractivity contribution in [2.75, 3.05) is 32.1 Å². The van der Waals surface area contributed by atoms with E-state index in [0.29, 0.717) is 18.6 Å². The van der Waals surface area contributed by atoms with Crippen LogP contribution < -0.4 is 10.2 Å². The number of hydrogen-bond acceptors (Lipinski definition) is 3. The summed E-state index contributed by atoms with van der Waals surface area (Å²) >= 11 is 0. The number of hydrogen-bond donors (Lipinski definition) is 1. The molecule has 0 saturated heterocycles. The zero-order valence-corrected chi connectivity index (χ0v) is 12.3. The van der Waals surface area contributed by atoms with E-state index in [4.69, 9.17) is 0 Å². The fraction of sp³-hybridized carbons (Fsp3) is 0.562. The molecule has 1 heterocycles. The highest BCUT2D eigenvalue weighted by atomic mass is 16.2. The topological polar surface area (TPSA) is 35.6 Å². The van der Waals surface area contributed by atoms with Crippen molar-refractivity contribution in [1.29, 1.82) is 0 Å². The maximum absolute atomic E-state index is 12.3. The second-order valence-corrected chi connectivity index (χ2v) is 5.85. The Morgan fingerprint density at radius 1 is 1.35 bits per heavy atom. The Morgan fingerprint density at radius 3 is 2.80 bits per heavy atom. The van der Waals surface area contributed by atoms with Gasteiger partial charge in [-0.05, 0) is 37.9 Å². The third-order valence-corrected chi connectivity index (χ3v) is 4.50. The molecule has 3 rings (SSSR count). The summed E-state index contributed by atoms with van der Waals surface area (Å²) in [5.41, 5.74) is 2.51. The molecule has 1 aliphatic carbocycles. The number of nitrogens with one attached hydrogen (secondary N) is 1. The molecular formula is C16H23N3O. The van der Waals surface area contributed by atoms with Crippen LogP contribution in [0.3, 0.4) is 0 Å². The minimum Gasteiger partial charge on any atom is -0.362 e. The average Bonchev–Trinajstić information content (AvgIpc) is 3.31. The molecule has 1 saturated carbocycles. The fourth-order valence-electron chi connectivity index (χ4n) is 3.04. The minimum absolute atomic E-state index is 0.241. The molecule has 1 N–H and O–H groups in total. The van der Waals surface area contributed by atoms with Crippen LogP contribution in [0.25, 0.3) is 0 Å². The third-order valence-electron chi connectivity index (χ3n) is 4.50. The molecule has 0 bridgehead atoms. The number of amides is 1. The van der Waals surface area contributed by atoms with E-state index in [-0.39, 0.29) is 5.91 Å². The van der Waals surface area contributed by atoms with Gasteiger partial charge >= 0.3 is 0 Å². The summed E-state index contributed by atoms with van der Waals surface area (Å²) in [7, 11) is 3.94. The molecule has 1 atom stereocenters. The van der Waals surface area contributed by atoms with Crippen LogP contribution in [0.4, 0.5) is 5.69 Å². The summed E-state index contributed by atoms with van der Waals surface area (Å²) < 4.78 is 0. The lowest BCUT2D eigenvalue weighted by atomic mass is 9.96. The highest BCUT2D eigenvalue weighted by Crippen LogP contribution is 2.33.